The molecule has 0 amide bonds. The van der Waals surface area contributed by atoms with Crippen molar-refractivity contribution < 1.29 is 18.7 Å². The summed E-state index contributed by atoms with van der Waals surface area (Å²) in [6.45, 7) is 1.40. The van der Waals surface area contributed by atoms with Crippen molar-refractivity contribution >= 4 is 5.78 Å². The quantitative estimate of drug-likeness (QED) is 0.853. The van der Waals surface area contributed by atoms with Gasteiger partial charge in [0.2, 0.25) is 0 Å². The molecule has 120 valence electrons. The van der Waals surface area contributed by atoms with Crippen LogP contribution in [0.4, 0.5) is 4.39 Å². The maximum atomic E-state index is 13.5. The van der Waals surface area contributed by atoms with Crippen LogP contribution in [0, 0.1) is 11.7 Å². The molecule has 0 aromatic heterocycles. The van der Waals surface area contributed by atoms with Crippen LogP contribution in [-0.2, 0) is 16.0 Å². The predicted molar refractivity (Wildman–Crippen MR) is 80.5 cm³/mol. The van der Waals surface area contributed by atoms with Gasteiger partial charge >= 0.3 is 0 Å². The van der Waals surface area contributed by atoms with Gasteiger partial charge in [0.1, 0.15) is 17.3 Å². The maximum absolute atomic E-state index is 13.5. The molecule has 1 aromatic carbocycles. The maximum Gasteiger partial charge on any atom is 0.140 e. The summed E-state index contributed by atoms with van der Waals surface area (Å²) in [6.07, 6.45) is 1.93. The fourth-order valence-corrected chi connectivity index (χ4v) is 3.54. The summed E-state index contributed by atoms with van der Waals surface area (Å²) in [7, 11) is 3.61. The molecule has 0 aliphatic carbocycles. The molecule has 2 aliphatic rings. The summed E-state index contributed by atoms with van der Waals surface area (Å²) in [6, 6.07) is 5.12. The van der Waals surface area contributed by atoms with E-state index in [4.69, 9.17) is 9.47 Å². The topological polar surface area (TPSA) is 38.8 Å². The van der Waals surface area contributed by atoms with Crippen LogP contribution < -0.4 is 4.74 Å². The van der Waals surface area contributed by atoms with Crippen molar-refractivity contribution in [2.24, 2.45) is 5.92 Å². The largest absolute Gasteiger partial charge is 0.497 e. The van der Waals surface area contributed by atoms with Crippen molar-refractivity contribution in [3.63, 3.8) is 0 Å². The predicted octanol–water partition coefficient (Wildman–Crippen LogP) is 2.06. The number of hydrogen-bond acceptors (Lipinski definition) is 4. The first-order valence-corrected chi connectivity index (χ1v) is 7.72. The zero-order valence-corrected chi connectivity index (χ0v) is 13.0. The van der Waals surface area contributed by atoms with Crippen LogP contribution in [0.2, 0.25) is 0 Å². The molecule has 0 radical (unpaired) electrons. The van der Waals surface area contributed by atoms with Crippen LogP contribution >= 0.6 is 0 Å². The Morgan fingerprint density at radius 1 is 1.32 bits per heavy atom. The standard InChI is InChI=1S/C17H22FNO3/c1-19-14-6-12(7-15(19)10-22-9-14)17(20)5-11-3-13(18)8-16(4-11)21-2/h3-4,8,12,14-15H,5-7,9-10H2,1-2H3. The lowest BCUT2D eigenvalue weighted by atomic mass is 9.81. The van der Waals surface area contributed by atoms with Crippen LogP contribution in [0.1, 0.15) is 18.4 Å². The summed E-state index contributed by atoms with van der Waals surface area (Å²) < 4.78 is 24.2. The van der Waals surface area contributed by atoms with Gasteiger partial charge in [0, 0.05) is 30.5 Å². The highest BCUT2D eigenvalue weighted by molar-refractivity contribution is 5.83. The monoisotopic (exact) mass is 307 g/mol. The van der Waals surface area contributed by atoms with E-state index in [9.17, 15) is 9.18 Å². The molecule has 2 heterocycles. The van der Waals surface area contributed by atoms with Gasteiger partial charge in [-0.05, 0) is 37.6 Å². The van der Waals surface area contributed by atoms with E-state index in [1.165, 1.54) is 19.2 Å². The number of likely N-dealkylation sites (N-methyl/N-ethyl adjacent to an activating group) is 1. The minimum atomic E-state index is -0.365. The molecule has 5 heteroatoms. The second-order valence-corrected chi connectivity index (χ2v) is 6.32. The number of rotatable bonds is 4. The number of morpholine rings is 1. The van der Waals surface area contributed by atoms with E-state index in [2.05, 4.69) is 11.9 Å². The fraction of sp³-hybridized carbons (Fsp3) is 0.588. The molecule has 1 aromatic rings. The third-order valence-corrected chi connectivity index (χ3v) is 4.89. The van der Waals surface area contributed by atoms with Gasteiger partial charge in [-0.1, -0.05) is 0 Å². The van der Waals surface area contributed by atoms with E-state index < -0.39 is 0 Å². The minimum absolute atomic E-state index is 0.0457. The Labute approximate surface area is 130 Å². The Balaban J connectivity index is 1.68. The summed E-state index contributed by atoms with van der Waals surface area (Å²) in [5, 5.41) is 0. The number of hydrogen-bond donors (Lipinski definition) is 0. The van der Waals surface area contributed by atoms with E-state index in [-0.39, 0.29) is 23.9 Å². The van der Waals surface area contributed by atoms with Crippen molar-refractivity contribution in [2.45, 2.75) is 31.3 Å². The minimum Gasteiger partial charge on any atom is -0.497 e. The van der Waals surface area contributed by atoms with E-state index in [1.807, 2.05) is 0 Å². The second-order valence-electron chi connectivity index (χ2n) is 6.32. The van der Waals surface area contributed by atoms with Gasteiger partial charge in [0.15, 0.2) is 0 Å². The summed E-state index contributed by atoms with van der Waals surface area (Å²) in [5.41, 5.74) is 0.683. The van der Waals surface area contributed by atoms with Crippen molar-refractivity contribution in [2.75, 3.05) is 27.4 Å². The first kappa shape index (κ1) is 15.4. The molecule has 0 spiro atoms. The SMILES string of the molecule is COc1cc(F)cc(CC(=O)C2CC3COCC(C2)N3C)c1. The zero-order chi connectivity index (χ0) is 15.7. The molecular formula is C17H22FNO3. The van der Waals surface area contributed by atoms with Gasteiger partial charge in [0.25, 0.3) is 0 Å². The number of carbonyl (C=O) groups excluding carboxylic acids is 1. The van der Waals surface area contributed by atoms with Gasteiger partial charge in [-0.2, -0.15) is 0 Å². The Morgan fingerprint density at radius 2 is 2.00 bits per heavy atom. The van der Waals surface area contributed by atoms with E-state index >= 15 is 0 Å². The van der Waals surface area contributed by atoms with Gasteiger partial charge in [-0.3, -0.25) is 9.69 Å². The molecule has 0 saturated carbocycles. The lowest BCUT2D eigenvalue weighted by Crippen LogP contribution is -2.55. The van der Waals surface area contributed by atoms with E-state index in [0.29, 0.717) is 36.6 Å². The number of fused-ring (bicyclic) bond motifs is 2. The number of ether oxygens (including phenoxy) is 2. The second kappa shape index (κ2) is 6.34. The van der Waals surface area contributed by atoms with E-state index in [0.717, 1.165) is 12.8 Å². The van der Waals surface area contributed by atoms with Crippen LogP contribution in [0.25, 0.3) is 0 Å². The number of halogens is 1. The molecule has 3 rings (SSSR count). The van der Waals surface area contributed by atoms with Crippen LogP contribution in [0.3, 0.4) is 0 Å². The molecular weight excluding hydrogens is 285 g/mol. The molecule has 2 aliphatic heterocycles. The Kier molecular flexibility index (Phi) is 4.45. The van der Waals surface area contributed by atoms with Gasteiger partial charge in [-0.25, -0.2) is 4.39 Å². The summed E-state index contributed by atoms with van der Waals surface area (Å²) in [4.78, 5) is 14.9. The lowest BCUT2D eigenvalue weighted by molar-refractivity contribution is -0.130. The zero-order valence-electron chi connectivity index (χ0n) is 13.0. The van der Waals surface area contributed by atoms with Crippen LogP contribution in [0.15, 0.2) is 18.2 Å². The highest BCUT2D eigenvalue weighted by Gasteiger charge is 2.39. The van der Waals surface area contributed by atoms with Gasteiger partial charge in [-0.15, -0.1) is 0 Å². The number of benzene rings is 1. The Bertz CT molecular complexity index is 549. The molecule has 4 nitrogen and oxygen atoms in total. The Hall–Kier alpha value is -1.46. The molecule has 2 saturated heterocycles. The van der Waals surface area contributed by atoms with E-state index in [1.54, 1.807) is 6.07 Å². The highest BCUT2D eigenvalue weighted by atomic mass is 19.1. The van der Waals surface area contributed by atoms with Crippen LogP contribution in [0.5, 0.6) is 5.75 Å². The average molecular weight is 307 g/mol. The first-order valence-electron chi connectivity index (χ1n) is 7.72. The summed E-state index contributed by atoms with van der Waals surface area (Å²) in [5.74, 6) is 0.328. The summed E-state index contributed by atoms with van der Waals surface area (Å²) >= 11 is 0. The van der Waals surface area contributed by atoms with Crippen LogP contribution in [-0.4, -0.2) is 50.1 Å². The van der Waals surface area contributed by atoms with Crippen molar-refractivity contribution in [3.05, 3.63) is 29.6 Å². The number of nitrogens with zero attached hydrogens (tertiary/aromatic N) is 1. The molecule has 2 bridgehead atoms. The third kappa shape index (κ3) is 3.15. The molecule has 2 unspecified atom stereocenters. The third-order valence-electron chi connectivity index (χ3n) is 4.89. The molecule has 2 atom stereocenters. The lowest BCUT2D eigenvalue weighted by Gasteiger charge is -2.46. The van der Waals surface area contributed by atoms with Crippen molar-refractivity contribution in [1.29, 1.82) is 0 Å². The van der Waals surface area contributed by atoms with Gasteiger partial charge < -0.3 is 9.47 Å². The molecule has 22 heavy (non-hydrogen) atoms. The van der Waals surface area contributed by atoms with Gasteiger partial charge in [0.05, 0.1) is 20.3 Å². The Morgan fingerprint density at radius 3 is 2.64 bits per heavy atom. The first-order chi connectivity index (χ1) is 10.6. The van der Waals surface area contributed by atoms with Crippen molar-refractivity contribution in [3.8, 4) is 5.75 Å². The normalized spacial score (nSPS) is 28.4. The van der Waals surface area contributed by atoms with Crippen molar-refractivity contribution in [1.82, 2.24) is 4.90 Å². The number of piperidine rings is 1. The fourth-order valence-electron chi connectivity index (χ4n) is 3.54. The number of carbonyl (C=O) groups is 1. The number of Topliss-reactive ketones (excluding diaryl/α,β-unsaturated/α-hetero) is 1. The highest BCUT2D eigenvalue weighted by Crippen LogP contribution is 2.31. The molecule has 2 fully saturated rings. The average Bonchev–Trinajstić information content (AvgIpc) is 2.46. The smallest absolute Gasteiger partial charge is 0.140 e. The number of methoxy groups -OCH3 is 1. The number of ketones is 1. The molecule has 0 N–H and O–H groups in total.